The van der Waals surface area contributed by atoms with E-state index in [2.05, 4.69) is 4.98 Å². The summed E-state index contributed by atoms with van der Waals surface area (Å²) in [5.41, 5.74) is 3.09. The molecule has 0 atom stereocenters. The first kappa shape index (κ1) is 21.4. The van der Waals surface area contributed by atoms with Crippen LogP contribution in [0.1, 0.15) is 43.5 Å². The lowest BCUT2D eigenvalue weighted by molar-refractivity contribution is -0.123. The standard InChI is InChI=1S/C23H25ClN4O3S/c1-32(30,31)12-4-11-27-19-6-5-16(24)13-18(19)26-21(27)15-28-20-14-25-10-7-17(20)23(22(28)29)8-2-3-9-23/h5-7,10,13-14H,2-4,8-9,11-12,15H2,1H3. The first-order valence-electron chi connectivity index (χ1n) is 10.9. The molecule has 1 aromatic carbocycles. The zero-order valence-corrected chi connectivity index (χ0v) is 19.5. The topological polar surface area (TPSA) is 85.2 Å². The molecule has 1 aliphatic heterocycles. The Morgan fingerprint density at radius 1 is 1.19 bits per heavy atom. The number of hydrogen-bond donors (Lipinski definition) is 0. The minimum Gasteiger partial charge on any atom is -0.326 e. The lowest BCUT2D eigenvalue weighted by Crippen LogP contribution is -2.38. The SMILES string of the molecule is CS(=O)(=O)CCCn1c(CN2C(=O)C3(CCCC3)c3ccncc32)nc2cc(Cl)ccc21. The molecular formula is C23H25ClN4O3S. The van der Waals surface area contributed by atoms with E-state index in [4.69, 9.17) is 16.6 Å². The van der Waals surface area contributed by atoms with Gasteiger partial charge in [-0.3, -0.25) is 9.78 Å². The predicted molar refractivity (Wildman–Crippen MR) is 125 cm³/mol. The molecule has 0 bridgehead atoms. The first-order chi connectivity index (χ1) is 15.3. The Morgan fingerprint density at radius 2 is 1.97 bits per heavy atom. The van der Waals surface area contributed by atoms with E-state index in [1.54, 1.807) is 24.5 Å². The van der Waals surface area contributed by atoms with Crippen molar-refractivity contribution < 1.29 is 13.2 Å². The number of fused-ring (bicyclic) bond motifs is 3. The van der Waals surface area contributed by atoms with Crippen LogP contribution in [0.2, 0.25) is 5.02 Å². The number of nitrogens with zero attached hydrogens (tertiary/aromatic N) is 4. The lowest BCUT2D eigenvalue weighted by Gasteiger charge is -2.23. The monoisotopic (exact) mass is 472 g/mol. The number of rotatable bonds is 6. The number of carbonyl (C=O) groups is 1. The second-order valence-electron chi connectivity index (χ2n) is 8.87. The largest absolute Gasteiger partial charge is 0.326 e. The quantitative estimate of drug-likeness (QED) is 0.543. The summed E-state index contributed by atoms with van der Waals surface area (Å²) in [7, 11) is -3.06. The average Bonchev–Trinajstić information content (AvgIpc) is 3.41. The smallest absolute Gasteiger partial charge is 0.238 e. The third-order valence-corrected chi connectivity index (χ3v) is 7.97. The molecule has 1 amide bonds. The molecule has 9 heteroatoms. The van der Waals surface area contributed by atoms with Crippen LogP contribution >= 0.6 is 11.6 Å². The van der Waals surface area contributed by atoms with Gasteiger partial charge in [0, 0.05) is 24.0 Å². The fraction of sp³-hybridized carbons (Fsp3) is 0.435. The number of imidazole rings is 1. The van der Waals surface area contributed by atoms with Crippen LogP contribution in [-0.4, -0.2) is 40.9 Å². The Balaban J connectivity index is 1.54. The molecule has 32 heavy (non-hydrogen) atoms. The van der Waals surface area contributed by atoms with Gasteiger partial charge in [0.2, 0.25) is 5.91 Å². The summed E-state index contributed by atoms with van der Waals surface area (Å²) in [6.45, 7) is 0.804. The Labute approximate surface area is 192 Å². The fourth-order valence-electron chi connectivity index (χ4n) is 5.26. The van der Waals surface area contributed by atoms with Crippen LogP contribution in [0.4, 0.5) is 5.69 Å². The van der Waals surface area contributed by atoms with Crippen molar-refractivity contribution in [3.05, 3.63) is 53.1 Å². The summed E-state index contributed by atoms with van der Waals surface area (Å²) in [5.74, 6) is 0.929. The number of aromatic nitrogens is 3. The van der Waals surface area contributed by atoms with E-state index in [-0.39, 0.29) is 11.7 Å². The number of hydrogen-bond acceptors (Lipinski definition) is 5. The first-order valence-corrected chi connectivity index (χ1v) is 13.3. The van der Waals surface area contributed by atoms with Crippen LogP contribution in [0.5, 0.6) is 0 Å². The molecule has 1 aliphatic carbocycles. The Hall–Kier alpha value is -2.45. The van der Waals surface area contributed by atoms with E-state index < -0.39 is 15.3 Å². The number of pyridine rings is 1. The van der Waals surface area contributed by atoms with Gasteiger partial charge < -0.3 is 9.47 Å². The van der Waals surface area contributed by atoms with Crippen molar-refractivity contribution in [2.75, 3.05) is 16.9 Å². The maximum absolute atomic E-state index is 13.7. The Bertz CT molecular complexity index is 1310. The van der Waals surface area contributed by atoms with Crippen molar-refractivity contribution in [3.63, 3.8) is 0 Å². The van der Waals surface area contributed by atoms with E-state index in [9.17, 15) is 13.2 Å². The Kier molecular flexibility index (Phi) is 5.25. The van der Waals surface area contributed by atoms with Crippen molar-refractivity contribution >= 4 is 44.1 Å². The van der Waals surface area contributed by atoms with Gasteiger partial charge in [-0.15, -0.1) is 0 Å². The summed E-state index contributed by atoms with van der Waals surface area (Å²) in [6.07, 6.45) is 9.06. The number of sulfone groups is 1. The molecule has 3 aromatic rings. The zero-order chi connectivity index (χ0) is 22.5. The van der Waals surface area contributed by atoms with Crippen LogP contribution < -0.4 is 4.90 Å². The van der Waals surface area contributed by atoms with Gasteiger partial charge in [-0.2, -0.15) is 0 Å². The molecule has 7 nitrogen and oxygen atoms in total. The van der Waals surface area contributed by atoms with Crippen LogP contribution in [0.15, 0.2) is 36.7 Å². The summed E-state index contributed by atoms with van der Waals surface area (Å²) >= 11 is 6.19. The van der Waals surface area contributed by atoms with Gasteiger partial charge in [-0.25, -0.2) is 13.4 Å². The maximum Gasteiger partial charge on any atom is 0.238 e. The number of benzene rings is 1. The number of amides is 1. The van der Waals surface area contributed by atoms with Crippen LogP contribution in [-0.2, 0) is 33.1 Å². The van der Waals surface area contributed by atoms with Gasteiger partial charge in [0.15, 0.2) is 0 Å². The molecule has 0 unspecified atom stereocenters. The van der Waals surface area contributed by atoms with Gasteiger partial charge in [0.25, 0.3) is 0 Å². The third-order valence-electron chi connectivity index (χ3n) is 6.70. The number of aryl methyl sites for hydroxylation is 1. The lowest BCUT2D eigenvalue weighted by atomic mass is 9.80. The molecule has 5 rings (SSSR count). The summed E-state index contributed by atoms with van der Waals surface area (Å²) < 4.78 is 25.3. The normalized spacial score (nSPS) is 17.6. The van der Waals surface area contributed by atoms with E-state index in [1.807, 2.05) is 21.6 Å². The average molecular weight is 473 g/mol. The highest BCUT2D eigenvalue weighted by molar-refractivity contribution is 7.90. The van der Waals surface area contributed by atoms with Gasteiger partial charge in [0.1, 0.15) is 15.7 Å². The van der Waals surface area contributed by atoms with Crippen molar-refractivity contribution in [2.45, 2.75) is 50.6 Å². The van der Waals surface area contributed by atoms with Crippen molar-refractivity contribution in [3.8, 4) is 0 Å². The van der Waals surface area contributed by atoms with Crippen molar-refractivity contribution in [1.82, 2.24) is 14.5 Å². The molecule has 1 fully saturated rings. The summed E-state index contributed by atoms with van der Waals surface area (Å²) in [6, 6.07) is 7.48. The van der Waals surface area contributed by atoms with Gasteiger partial charge >= 0.3 is 0 Å². The second-order valence-corrected chi connectivity index (χ2v) is 11.6. The van der Waals surface area contributed by atoms with Crippen LogP contribution in [0.3, 0.4) is 0 Å². The van der Waals surface area contributed by atoms with Gasteiger partial charge in [-0.1, -0.05) is 24.4 Å². The maximum atomic E-state index is 13.7. The molecule has 1 saturated carbocycles. The second kappa shape index (κ2) is 7.85. The number of anilines is 1. The van der Waals surface area contributed by atoms with Crippen molar-refractivity contribution in [2.24, 2.45) is 0 Å². The molecule has 168 valence electrons. The molecule has 0 radical (unpaired) electrons. The minimum absolute atomic E-state index is 0.0954. The molecule has 0 N–H and O–H groups in total. The van der Waals surface area contributed by atoms with Gasteiger partial charge in [0.05, 0.1) is 40.6 Å². The van der Waals surface area contributed by atoms with E-state index in [0.717, 1.165) is 48.0 Å². The highest BCUT2D eigenvalue weighted by Crippen LogP contribution is 2.51. The van der Waals surface area contributed by atoms with E-state index in [1.165, 1.54) is 6.26 Å². The highest BCUT2D eigenvalue weighted by atomic mass is 35.5. The predicted octanol–water partition coefficient (Wildman–Crippen LogP) is 3.88. The van der Waals surface area contributed by atoms with Crippen molar-refractivity contribution in [1.29, 1.82) is 0 Å². The fourth-order valence-corrected chi connectivity index (χ4v) is 6.08. The zero-order valence-electron chi connectivity index (χ0n) is 17.9. The molecule has 1 spiro atoms. The number of carbonyl (C=O) groups excluding carboxylic acids is 1. The van der Waals surface area contributed by atoms with Gasteiger partial charge in [-0.05, 0) is 49.1 Å². The molecule has 3 heterocycles. The molecular weight excluding hydrogens is 448 g/mol. The van der Waals surface area contributed by atoms with Crippen LogP contribution in [0.25, 0.3) is 11.0 Å². The molecule has 2 aliphatic rings. The van der Waals surface area contributed by atoms with E-state index in [0.29, 0.717) is 30.4 Å². The summed E-state index contributed by atoms with van der Waals surface area (Å²) in [5, 5.41) is 0.585. The van der Waals surface area contributed by atoms with E-state index >= 15 is 0 Å². The minimum atomic E-state index is -3.06. The Morgan fingerprint density at radius 3 is 2.72 bits per heavy atom. The number of halogens is 1. The highest BCUT2D eigenvalue weighted by Gasteiger charge is 2.52. The molecule has 0 saturated heterocycles. The molecule has 2 aromatic heterocycles. The third kappa shape index (κ3) is 3.59. The van der Waals surface area contributed by atoms with Crippen LogP contribution in [0, 0.1) is 0 Å². The summed E-state index contributed by atoms with van der Waals surface area (Å²) in [4.78, 5) is 24.6.